The zero-order valence-electron chi connectivity index (χ0n) is 15.9. The number of aryl methyl sites for hydroxylation is 1. The molecule has 0 aromatic heterocycles. The van der Waals surface area contributed by atoms with E-state index in [1.165, 1.54) is 0 Å². The van der Waals surface area contributed by atoms with Gasteiger partial charge in [-0.3, -0.25) is 9.59 Å². The zero-order valence-corrected chi connectivity index (χ0v) is 15.9. The van der Waals surface area contributed by atoms with E-state index in [1.807, 2.05) is 55.5 Å². The molecule has 0 heterocycles. The Bertz CT molecular complexity index is 864. The molecule has 1 aliphatic rings. The van der Waals surface area contributed by atoms with Gasteiger partial charge in [0.05, 0.1) is 13.7 Å². The van der Waals surface area contributed by atoms with Crippen LogP contribution in [0.15, 0.2) is 54.6 Å². The number of methoxy groups -OCH3 is 1. The fraction of sp³-hybridized carbons (Fsp3) is 0.304. The Labute approximate surface area is 159 Å². The number of benzene rings is 2. The summed E-state index contributed by atoms with van der Waals surface area (Å²) in [4.78, 5) is 25.4. The maximum absolute atomic E-state index is 12.9. The summed E-state index contributed by atoms with van der Waals surface area (Å²) in [7, 11) is 1.60. The van der Waals surface area contributed by atoms with Gasteiger partial charge in [-0.2, -0.15) is 0 Å². The molecule has 0 N–H and O–H groups in total. The van der Waals surface area contributed by atoms with Gasteiger partial charge in [0.1, 0.15) is 11.7 Å². The second-order valence-corrected chi connectivity index (χ2v) is 6.75. The number of hydrogen-bond donors (Lipinski definition) is 0. The maximum atomic E-state index is 12.9. The lowest BCUT2D eigenvalue weighted by molar-refractivity contribution is -0.151. The number of esters is 1. The minimum Gasteiger partial charge on any atom is -0.497 e. The Kier molecular flexibility index (Phi) is 5.75. The minimum absolute atomic E-state index is 0.205. The number of hydrogen-bond acceptors (Lipinski definition) is 4. The Morgan fingerprint density at radius 1 is 1.15 bits per heavy atom. The lowest BCUT2D eigenvalue weighted by Crippen LogP contribution is -2.34. The number of ether oxygens (including phenoxy) is 2. The molecule has 0 saturated carbocycles. The topological polar surface area (TPSA) is 52.6 Å². The summed E-state index contributed by atoms with van der Waals surface area (Å²) in [6.45, 7) is 4.03. The summed E-state index contributed by atoms with van der Waals surface area (Å²) in [6, 6.07) is 15.6. The smallest absolute Gasteiger partial charge is 0.317 e. The second kappa shape index (κ2) is 8.21. The van der Waals surface area contributed by atoms with Crippen molar-refractivity contribution in [3.63, 3.8) is 0 Å². The Morgan fingerprint density at radius 3 is 2.56 bits per heavy atom. The van der Waals surface area contributed by atoms with Gasteiger partial charge in [0.25, 0.3) is 0 Å². The van der Waals surface area contributed by atoms with Gasteiger partial charge >= 0.3 is 5.97 Å². The lowest BCUT2D eigenvalue weighted by atomic mass is 9.73. The molecule has 4 heteroatoms. The first kappa shape index (κ1) is 18.9. The molecule has 0 unspecified atom stereocenters. The highest BCUT2D eigenvalue weighted by molar-refractivity contribution is 6.10. The molecule has 27 heavy (non-hydrogen) atoms. The van der Waals surface area contributed by atoms with Gasteiger partial charge in [-0.15, -0.1) is 0 Å². The lowest BCUT2D eigenvalue weighted by Gasteiger charge is -2.29. The highest BCUT2D eigenvalue weighted by Crippen LogP contribution is 2.41. The van der Waals surface area contributed by atoms with Crippen LogP contribution in [0.5, 0.6) is 5.75 Å². The van der Waals surface area contributed by atoms with E-state index in [0.29, 0.717) is 12.2 Å². The van der Waals surface area contributed by atoms with Gasteiger partial charge in [0.2, 0.25) is 0 Å². The molecule has 3 rings (SSSR count). The largest absolute Gasteiger partial charge is 0.497 e. The predicted molar refractivity (Wildman–Crippen MR) is 105 cm³/mol. The minimum atomic E-state index is -0.828. The fourth-order valence-electron chi connectivity index (χ4n) is 3.54. The van der Waals surface area contributed by atoms with Crippen LogP contribution in [-0.2, 0) is 14.3 Å². The van der Waals surface area contributed by atoms with Crippen molar-refractivity contribution >= 4 is 17.3 Å². The third-order valence-electron chi connectivity index (χ3n) is 4.95. The standard InChI is InChI=1S/C23H24O4/c1-4-27-23(25)22-20(17-6-5-7-19(12-17)26-3)13-18(14-21(22)24)16-10-8-15(2)9-11-16/h5-12,14,20,22H,4,13H2,1-3H3/t20-,22+/m1/s1. The van der Waals surface area contributed by atoms with Crippen molar-refractivity contribution in [2.45, 2.75) is 26.2 Å². The quantitative estimate of drug-likeness (QED) is 0.586. The highest BCUT2D eigenvalue weighted by atomic mass is 16.5. The molecule has 0 aliphatic heterocycles. The first-order valence-corrected chi connectivity index (χ1v) is 9.15. The third-order valence-corrected chi connectivity index (χ3v) is 4.95. The molecule has 0 spiro atoms. The van der Waals surface area contributed by atoms with Crippen LogP contribution in [0.2, 0.25) is 0 Å². The molecule has 2 aromatic rings. The predicted octanol–water partition coefficient (Wildman–Crippen LogP) is 4.32. The van der Waals surface area contributed by atoms with E-state index in [2.05, 4.69) is 0 Å². The summed E-state index contributed by atoms with van der Waals surface area (Å²) in [5.74, 6) is -1.08. The number of allylic oxidation sites excluding steroid dienone is 2. The first-order chi connectivity index (χ1) is 13.0. The second-order valence-electron chi connectivity index (χ2n) is 6.75. The van der Waals surface area contributed by atoms with E-state index < -0.39 is 11.9 Å². The number of ketones is 1. The average Bonchev–Trinajstić information content (AvgIpc) is 2.68. The molecule has 4 nitrogen and oxygen atoms in total. The van der Waals surface area contributed by atoms with Crippen LogP contribution < -0.4 is 4.74 Å². The van der Waals surface area contributed by atoms with Crippen molar-refractivity contribution in [3.8, 4) is 5.75 Å². The summed E-state index contributed by atoms with van der Waals surface area (Å²) in [6.07, 6.45) is 2.19. The monoisotopic (exact) mass is 364 g/mol. The van der Waals surface area contributed by atoms with Crippen LogP contribution in [0.1, 0.15) is 36.0 Å². The molecule has 2 aromatic carbocycles. The van der Waals surface area contributed by atoms with E-state index >= 15 is 0 Å². The van der Waals surface area contributed by atoms with Gasteiger partial charge in [0, 0.05) is 5.92 Å². The Morgan fingerprint density at radius 2 is 1.89 bits per heavy atom. The molecule has 0 saturated heterocycles. The molecule has 0 fully saturated rings. The summed E-state index contributed by atoms with van der Waals surface area (Å²) in [5.41, 5.74) is 4.01. The van der Waals surface area contributed by atoms with Crippen LogP contribution in [0.25, 0.3) is 5.57 Å². The third kappa shape index (κ3) is 4.11. The fourth-order valence-corrected chi connectivity index (χ4v) is 3.54. The molecule has 140 valence electrons. The molecular formula is C23H24O4. The van der Waals surface area contributed by atoms with Gasteiger partial charge in [-0.1, -0.05) is 42.0 Å². The average molecular weight is 364 g/mol. The van der Waals surface area contributed by atoms with E-state index in [4.69, 9.17) is 9.47 Å². The van der Waals surface area contributed by atoms with Crippen molar-refractivity contribution in [2.24, 2.45) is 5.92 Å². The van der Waals surface area contributed by atoms with Crippen LogP contribution in [-0.4, -0.2) is 25.5 Å². The summed E-state index contributed by atoms with van der Waals surface area (Å²) < 4.78 is 10.5. The molecule has 2 atom stereocenters. The SMILES string of the molecule is CCOC(=O)[C@@H]1C(=O)C=C(c2ccc(C)cc2)C[C@@H]1c1cccc(OC)c1. The first-order valence-electron chi connectivity index (χ1n) is 9.15. The van der Waals surface area contributed by atoms with E-state index in [-0.39, 0.29) is 18.3 Å². The normalized spacial score (nSPS) is 19.4. The van der Waals surface area contributed by atoms with Crippen molar-refractivity contribution in [1.82, 2.24) is 0 Å². The van der Waals surface area contributed by atoms with E-state index in [9.17, 15) is 9.59 Å². The highest BCUT2D eigenvalue weighted by Gasteiger charge is 2.39. The van der Waals surface area contributed by atoms with Gasteiger partial charge in [0.15, 0.2) is 5.78 Å². The van der Waals surface area contributed by atoms with Crippen LogP contribution >= 0.6 is 0 Å². The van der Waals surface area contributed by atoms with Gasteiger partial charge < -0.3 is 9.47 Å². The molecule has 1 aliphatic carbocycles. The van der Waals surface area contributed by atoms with E-state index in [1.54, 1.807) is 20.1 Å². The van der Waals surface area contributed by atoms with Crippen molar-refractivity contribution < 1.29 is 19.1 Å². The molecule has 0 bridgehead atoms. The van der Waals surface area contributed by atoms with Gasteiger partial charge in [-0.25, -0.2) is 0 Å². The Balaban J connectivity index is 2.02. The maximum Gasteiger partial charge on any atom is 0.317 e. The zero-order chi connectivity index (χ0) is 19.4. The number of carbonyl (C=O) groups excluding carboxylic acids is 2. The van der Waals surface area contributed by atoms with Crippen LogP contribution in [0.3, 0.4) is 0 Å². The Hall–Kier alpha value is -2.88. The molecular weight excluding hydrogens is 340 g/mol. The van der Waals surface area contributed by atoms with Crippen LogP contribution in [0, 0.1) is 12.8 Å². The van der Waals surface area contributed by atoms with Crippen LogP contribution in [0.4, 0.5) is 0 Å². The molecule has 0 radical (unpaired) electrons. The van der Waals surface area contributed by atoms with Crippen molar-refractivity contribution in [2.75, 3.05) is 13.7 Å². The van der Waals surface area contributed by atoms with E-state index in [0.717, 1.165) is 22.3 Å². The molecule has 0 amide bonds. The van der Waals surface area contributed by atoms with Crippen molar-refractivity contribution in [1.29, 1.82) is 0 Å². The summed E-state index contributed by atoms with van der Waals surface area (Å²) >= 11 is 0. The number of rotatable bonds is 5. The summed E-state index contributed by atoms with van der Waals surface area (Å²) in [5, 5.41) is 0. The number of carbonyl (C=O) groups is 2. The van der Waals surface area contributed by atoms with Gasteiger partial charge in [-0.05, 0) is 55.2 Å². The van der Waals surface area contributed by atoms with Crippen molar-refractivity contribution in [3.05, 3.63) is 71.3 Å².